The van der Waals surface area contributed by atoms with E-state index in [4.69, 9.17) is 0 Å². The summed E-state index contributed by atoms with van der Waals surface area (Å²) in [5, 5.41) is 10.2. The molecule has 0 radical (unpaired) electrons. The molecule has 2 aromatic carbocycles. The van der Waals surface area contributed by atoms with Gasteiger partial charge in [0.15, 0.2) is 0 Å². The summed E-state index contributed by atoms with van der Waals surface area (Å²) in [6.45, 7) is 1.50. The molecule has 6 heteroatoms. The molecule has 2 aromatic rings. The molecule has 0 bridgehead atoms. The van der Waals surface area contributed by atoms with Gasteiger partial charge < -0.3 is 9.84 Å². The zero-order valence-corrected chi connectivity index (χ0v) is 11.0. The van der Waals surface area contributed by atoms with Crippen molar-refractivity contribution in [3.63, 3.8) is 0 Å². The van der Waals surface area contributed by atoms with Crippen LogP contribution in [0.1, 0.15) is 22.8 Å². The van der Waals surface area contributed by atoms with Crippen LogP contribution in [0.3, 0.4) is 0 Å². The van der Waals surface area contributed by atoms with Gasteiger partial charge in [-0.15, -0.1) is 13.2 Å². The van der Waals surface area contributed by atoms with Crippen molar-refractivity contribution in [2.24, 2.45) is 0 Å². The monoisotopic (exact) mass is 300 g/mol. The second-order valence-electron chi connectivity index (χ2n) is 4.47. The Morgan fingerprint density at radius 1 is 1.00 bits per heavy atom. The van der Waals surface area contributed by atoms with Crippen molar-refractivity contribution in [3.8, 4) is 5.75 Å². The Morgan fingerprint density at radius 3 is 2.29 bits per heavy atom. The van der Waals surface area contributed by atoms with Gasteiger partial charge in [0.2, 0.25) is 0 Å². The first-order valence-corrected chi connectivity index (χ1v) is 6.07. The summed E-state index contributed by atoms with van der Waals surface area (Å²) in [5.41, 5.74) is 0.0355. The number of benzene rings is 2. The molecule has 1 unspecified atom stereocenters. The van der Waals surface area contributed by atoms with E-state index in [2.05, 4.69) is 4.74 Å². The van der Waals surface area contributed by atoms with Crippen LogP contribution in [0.25, 0.3) is 0 Å². The average Bonchev–Trinajstić information content (AvgIpc) is 2.40. The Kier molecular flexibility index (Phi) is 4.18. The number of ether oxygens (including phenoxy) is 1. The van der Waals surface area contributed by atoms with Gasteiger partial charge in [-0.1, -0.05) is 36.4 Å². The van der Waals surface area contributed by atoms with Gasteiger partial charge in [-0.25, -0.2) is 4.39 Å². The predicted molar refractivity (Wildman–Crippen MR) is 68.3 cm³/mol. The quantitative estimate of drug-likeness (QED) is 0.864. The fourth-order valence-electron chi connectivity index (χ4n) is 1.97. The lowest BCUT2D eigenvalue weighted by Crippen LogP contribution is -2.19. The van der Waals surface area contributed by atoms with Crippen molar-refractivity contribution in [1.82, 2.24) is 0 Å². The van der Waals surface area contributed by atoms with Gasteiger partial charge in [0.1, 0.15) is 17.7 Å². The minimum atomic E-state index is -4.89. The lowest BCUT2D eigenvalue weighted by molar-refractivity contribution is -0.275. The van der Waals surface area contributed by atoms with Crippen LogP contribution in [-0.2, 0) is 0 Å². The number of alkyl halides is 3. The van der Waals surface area contributed by atoms with E-state index in [1.54, 1.807) is 0 Å². The van der Waals surface area contributed by atoms with Crippen LogP contribution in [0.4, 0.5) is 17.6 Å². The van der Waals surface area contributed by atoms with E-state index in [0.717, 1.165) is 6.07 Å². The highest BCUT2D eigenvalue weighted by Gasteiger charge is 2.33. The Balaban J connectivity index is 2.44. The highest BCUT2D eigenvalue weighted by molar-refractivity contribution is 5.41. The summed E-state index contributed by atoms with van der Waals surface area (Å²) in [6.07, 6.45) is -6.44. The molecule has 0 aromatic heterocycles. The first-order chi connectivity index (χ1) is 9.79. The molecule has 0 saturated heterocycles. The Morgan fingerprint density at radius 2 is 1.62 bits per heavy atom. The first kappa shape index (κ1) is 15.3. The Labute approximate surface area is 118 Å². The molecule has 1 N–H and O–H groups in total. The molecule has 0 aliphatic heterocycles. The standard InChI is InChI=1S/C15H12F4O2/c1-9-5-4-7-11(13(9)16)14(20)10-6-2-3-8-12(10)21-15(17,18)19/h2-8,14,20H,1H3. The minimum absolute atomic E-state index is 0.103. The SMILES string of the molecule is Cc1cccc(C(O)c2ccccc2OC(F)(F)F)c1F. The van der Waals surface area contributed by atoms with Crippen molar-refractivity contribution < 1.29 is 27.4 Å². The molecule has 21 heavy (non-hydrogen) atoms. The van der Waals surface area contributed by atoms with Crippen LogP contribution in [0, 0.1) is 12.7 Å². The summed E-state index contributed by atoms with van der Waals surface area (Å²) in [7, 11) is 0. The highest BCUT2D eigenvalue weighted by Crippen LogP contribution is 2.34. The van der Waals surface area contributed by atoms with Crippen molar-refractivity contribution in [2.75, 3.05) is 0 Å². The molecular formula is C15H12F4O2. The van der Waals surface area contributed by atoms with Crippen molar-refractivity contribution in [3.05, 3.63) is 65.0 Å². The van der Waals surface area contributed by atoms with Gasteiger partial charge in [0.05, 0.1) is 0 Å². The van der Waals surface area contributed by atoms with Gasteiger partial charge in [-0.2, -0.15) is 0 Å². The lowest BCUT2D eigenvalue weighted by Gasteiger charge is -2.18. The summed E-state index contributed by atoms with van der Waals surface area (Å²) in [5.74, 6) is -1.22. The maximum absolute atomic E-state index is 14.0. The number of hydrogen-bond acceptors (Lipinski definition) is 2. The Bertz CT molecular complexity index is 638. The van der Waals surface area contributed by atoms with E-state index in [0.29, 0.717) is 5.56 Å². The maximum Gasteiger partial charge on any atom is 0.573 e. The zero-order chi connectivity index (χ0) is 15.6. The van der Waals surface area contributed by atoms with Gasteiger partial charge in [0, 0.05) is 11.1 Å². The van der Waals surface area contributed by atoms with Gasteiger partial charge in [-0.3, -0.25) is 0 Å². The van der Waals surface area contributed by atoms with Crippen LogP contribution in [0.15, 0.2) is 42.5 Å². The van der Waals surface area contributed by atoms with Crippen LogP contribution in [0.5, 0.6) is 5.75 Å². The van der Waals surface area contributed by atoms with Gasteiger partial charge >= 0.3 is 6.36 Å². The highest BCUT2D eigenvalue weighted by atomic mass is 19.4. The second-order valence-corrected chi connectivity index (χ2v) is 4.47. The second kappa shape index (κ2) is 5.73. The topological polar surface area (TPSA) is 29.5 Å². The summed E-state index contributed by atoms with van der Waals surface area (Å²) in [4.78, 5) is 0. The maximum atomic E-state index is 14.0. The van der Waals surface area contributed by atoms with E-state index in [1.165, 1.54) is 43.3 Å². The number of rotatable bonds is 3. The van der Waals surface area contributed by atoms with Crippen molar-refractivity contribution >= 4 is 0 Å². The molecule has 0 aliphatic carbocycles. The Hall–Kier alpha value is -2.08. The van der Waals surface area contributed by atoms with E-state index in [9.17, 15) is 22.7 Å². The molecule has 0 spiro atoms. The van der Waals surface area contributed by atoms with Gasteiger partial charge in [-0.05, 0) is 18.6 Å². The first-order valence-electron chi connectivity index (χ1n) is 6.07. The third-order valence-corrected chi connectivity index (χ3v) is 2.96. The normalized spacial score (nSPS) is 13.0. The van der Waals surface area contributed by atoms with Gasteiger partial charge in [0.25, 0.3) is 0 Å². The molecule has 0 aliphatic rings. The van der Waals surface area contributed by atoms with Crippen LogP contribution in [0.2, 0.25) is 0 Å². The van der Waals surface area contributed by atoms with Crippen molar-refractivity contribution in [2.45, 2.75) is 19.4 Å². The van der Waals surface area contributed by atoms with Crippen molar-refractivity contribution in [1.29, 1.82) is 0 Å². The summed E-state index contributed by atoms with van der Waals surface area (Å²) < 4.78 is 54.9. The number of halogens is 4. The minimum Gasteiger partial charge on any atom is -0.405 e. The van der Waals surface area contributed by atoms with E-state index >= 15 is 0 Å². The number of para-hydroxylation sites is 1. The molecule has 0 heterocycles. The largest absolute Gasteiger partial charge is 0.573 e. The molecule has 1 atom stereocenters. The molecule has 112 valence electrons. The fourth-order valence-corrected chi connectivity index (χ4v) is 1.97. The third-order valence-electron chi connectivity index (χ3n) is 2.96. The molecule has 0 fully saturated rings. The lowest BCUT2D eigenvalue weighted by atomic mass is 9.98. The number of hydrogen-bond donors (Lipinski definition) is 1. The number of aryl methyl sites for hydroxylation is 1. The summed E-state index contributed by atoms with van der Waals surface area (Å²) >= 11 is 0. The van der Waals surface area contributed by atoms with E-state index in [-0.39, 0.29) is 11.1 Å². The van der Waals surface area contributed by atoms with Crippen LogP contribution >= 0.6 is 0 Å². The smallest absolute Gasteiger partial charge is 0.405 e. The molecule has 0 saturated carbocycles. The molecule has 2 nitrogen and oxygen atoms in total. The predicted octanol–water partition coefficient (Wildman–Crippen LogP) is 4.11. The van der Waals surface area contributed by atoms with Crippen LogP contribution < -0.4 is 4.74 Å². The molecule has 0 amide bonds. The van der Waals surface area contributed by atoms with Crippen LogP contribution in [-0.4, -0.2) is 11.5 Å². The molecular weight excluding hydrogens is 288 g/mol. The fraction of sp³-hybridized carbons (Fsp3) is 0.200. The molecule has 2 rings (SSSR count). The third kappa shape index (κ3) is 3.52. The van der Waals surface area contributed by atoms with E-state index < -0.39 is 24.0 Å². The zero-order valence-electron chi connectivity index (χ0n) is 11.0. The summed E-state index contributed by atoms with van der Waals surface area (Å²) in [6, 6.07) is 9.44. The number of aliphatic hydroxyl groups excluding tert-OH is 1. The average molecular weight is 300 g/mol. The number of aliphatic hydroxyl groups is 1. The van der Waals surface area contributed by atoms with E-state index in [1.807, 2.05) is 0 Å².